The van der Waals surface area contributed by atoms with Crippen molar-refractivity contribution in [2.24, 2.45) is 5.84 Å². The second kappa shape index (κ2) is 5.34. The van der Waals surface area contributed by atoms with Gasteiger partial charge >= 0.3 is 6.18 Å². The fourth-order valence-corrected chi connectivity index (χ4v) is 3.93. The van der Waals surface area contributed by atoms with Crippen LogP contribution in [-0.4, -0.2) is 10.5 Å². The summed E-state index contributed by atoms with van der Waals surface area (Å²) in [6, 6.07) is 5.11. The van der Waals surface area contributed by atoms with Crippen LogP contribution in [0.15, 0.2) is 24.3 Å². The molecule has 1 aliphatic heterocycles. The number of benzene rings is 1. The van der Waals surface area contributed by atoms with E-state index in [0.29, 0.717) is 0 Å². The SMILES string of the molecule is CC1(C(NN)c2ccc(C(F)(F)F)cc2)CCCS1. The summed E-state index contributed by atoms with van der Waals surface area (Å²) in [6.45, 7) is 2.10. The Morgan fingerprint density at radius 1 is 1.32 bits per heavy atom. The summed E-state index contributed by atoms with van der Waals surface area (Å²) in [5, 5.41) is 0. The lowest BCUT2D eigenvalue weighted by Crippen LogP contribution is -2.41. The van der Waals surface area contributed by atoms with Crippen LogP contribution in [-0.2, 0) is 6.18 Å². The first kappa shape index (κ1) is 14.7. The summed E-state index contributed by atoms with van der Waals surface area (Å²) in [5.74, 6) is 6.67. The molecule has 0 saturated carbocycles. The van der Waals surface area contributed by atoms with Crippen molar-refractivity contribution in [3.05, 3.63) is 35.4 Å². The van der Waals surface area contributed by atoms with Gasteiger partial charge in [0.25, 0.3) is 0 Å². The molecule has 0 bridgehead atoms. The van der Waals surface area contributed by atoms with Crippen LogP contribution in [0, 0.1) is 0 Å². The molecule has 2 nitrogen and oxygen atoms in total. The van der Waals surface area contributed by atoms with E-state index in [0.717, 1.165) is 36.3 Å². The summed E-state index contributed by atoms with van der Waals surface area (Å²) in [6.07, 6.45) is -2.18. The van der Waals surface area contributed by atoms with Gasteiger partial charge in [-0.15, -0.1) is 0 Å². The summed E-state index contributed by atoms with van der Waals surface area (Å²) in [5.41, 5.74) is 2.93. The molecule has 0 spiro atoms. The minimum Gasteiger partial charge on any atom is -0.271 e. The third kappa shape index (κ3) is 3.07. The number of hydrazine groups is 1. The molecule has 0 radical (unpaired) electrons. The second-order valence-electron chi connectivity index (χ2n) is 4.98. The van der Waals surface area contributed by atoms with Crippen molar-refractivity contribution >= 4 is 11.8 Å². The average molecular weight is 290 g/mol. The van der Waals surface area contributed by atoms with Gasteiger partial charge in [0.1, 0.15) is 0 Å². The zero-order valence-corrected chi connectivity index (χ0v) is 11.4. The quantitative estimate of drug-likeness (QED) is 0.661. The Bertz CT molecular complexity index is 425. The third-order valence-corrected chi connectivity index (χ3v) is 5.19. The zero-order chi connectivity index (χ0) is 14.1. The Kier molecular flexibility index (Phi) is 4.13. The average Bonchev–Trinajstić information content (AvgIpc) is 2.77. The zero-order valence-electron chi connectivity index (χ0n) is 10.6. The van der Waals surface area contributed by atoms with Crippen molar-refractivity contribution < 1.29 is 13.2 Å². The normalized spacial score (nSPS) is 25.5. The van der Waals surface area contributed by atoms with Gasteiger partial charge in [0.2, 0.25) is 0 Å². The first-order valence-electron chi connectivity index (χ1n) is 6.14. The highest BCUT2D eigenvalue weighted by Crippen LogP contribution is 2.46. The molecule has 2 unspecified atom stereocenters. The molecule has 2 atom stereocenters. The molecule has 1 fully saturated rings. The minimum absolute atomic E-state index is 0.0610. The molecular formula is C13H17F3N2S. The molecule has 1 aromatic carbocycles. The van der Waals surface area contributed by atoms with Crippen LogP contribution < -0.4 is 11.3 Å². The van der Waals surface area contributed by atoms with Gasteiger partial charge in [0.15, 0.2) is 0 Å². The maximum Gasteiger partial charge on any atom is 0.416 e. The summed E-state index contributed by atoms with van der Waals surface area (Å²) in [7, 11) is 0. The first-order chi connectivity index (χ1) is 8.87. The van der Waals surface area contributed by atoms with E-state index < -0.39 is 11.7 Å². The second-order valence-corrected chi connectivity index (χ2v) is 6.61. The third-order valence-electron chi connectivity index (χ3n) is 3.60. The molecule has 0 aliphatic carbocycles. The van der Waals surface area contributed by atoms with E-state index in [9.17, 15) is 13.2 Å². The molecule has 19 heavy (non-hydrogen) atoms. The molecule has 3 N–H and O–H groups in total. The van der Waals surface area contributed by atoms with Crippen molar-refractivity contribution in [1.82, 2.24) is 5.43 Å². The van der Waals surface area contributed by atoms with Gasteiger partial charge in [-0.1, -0.05) is 12.1 Å². The fraction of sp³-hybridized carbons (Fsp3) is 0.538. The van der Waals surface area contributed by atoms with E-state index in [1.165, 1.54) is 12.1 Å². The van der Waals surface area contributed by atoms with Crippen LogP contribution >= 0.6 is 11.8 Å². The lowest BCUT2D eigenvalue weighted by atomic mass is 9.90. The maximum absolute atomic E-state index is 12.5. The van der Waals surface area contributed by atoms with Crippen LogP contribution in [0.5, 0.6) is 0 Å². The van der Waals surface area contributed by atoms with Crippen molar-refractivity contribution in [3.63, 3.8) is 0 Å². The smallest absolute Gasteiger partial charge is 0.271 e. The molecule has 6 heteroatoms. The van der Waals surface area contributed by atoms with Crippen LogP contribution in [0.4, 0.5) is 13.2 Å². The highest BCUT2D eigenvalue weighted by molar-refractivity contribution is 8.00. The molecule has 0 aromatic heterocycles. The van der Waals surface area contributed by atoms with Crippen LogP contribution in [0.3, 0.4) is 0 Å². The Hall–Kier alpha value is -0.720. The van der Waals surface area contributed by atoms with Crippen LogP contribution in [0.1, 0.15) is 36.9 Å². The van der Waals surface area contributed by atoms with E-state index in [1.807, 2.05) is 11.8 Å². The Morgan fingerprint density at radius 2 is 1.95 bits per heavy atom. The lowest BCUT2D eigenvalue weighted by molar-refractivity contribution is -0.137. The van der Waals surface area contributed by atoms with E-state index >= 15 is 0 Å². The summed E-state index contributed by atoms with van der Waals surface area (Å²) >= 11 is 1.82. The fourth-order valence-electron chi connectivity index (χ4n) is 2.52. The van der Waals surface area contributed by atoms with E-state index in [4.69, 9.17) is 5.84 Å². The van der Waals surface area contributed by atoms with Crippen LogP contribution in [0.25, 0.3) is 0 Å². The van der Waals surface area contributed by atoms with Crippen molar-refractivity contribution in [2.45, 2.75) is 36.7 Å². The largest absolute Gasteiger partial charge is 0.416 e. The number of hydrogen-bond acceptors (Lipinski definition) is 3. The van der Waals surface area contributed by atoms with Crippen molar-refractivity contribution in [3.8, 4) is 0 Å². The summed E-state index contributed by atoms with van der Waals surface area (Å²) < 4.78 is 37.5. The molecule has 106 valence electrons. The molecule has 0 amide bonds. The number of nitrogens with one attached hydrogen (secondary N) is 1. The number of thioether (sulfide) groups is 1. The Balaban J connectivity index is 2.24. The predicted molar refractivity (Wildman–Crippen MR) is 71.6 cm³/mol. The number of hydrogen-bond donors (Lipinski definition) is 2. The monoisotopic (exact) mass is 290 g/mol. The predicted octanol–water partition coefficient (Wildman–Crippen LogP) is 3.50. The highest BCUT2D eigenvalue weighted by atomic mass is 32.2. The highest BCUT2D eigenvalue weighted by Gasteiger charge is 2.38. The Labute approximate surface area is 114 Å². The van der Waals surface area contributed by atoms with Gasteiger partial charge in [-0.25, -0.2) is 0 Å². The molecule has 2 rings (SSSR count). The van der Waals surface area contributed by atoms with Gasteiger partial charge in [-0.05, 0) is 43.2 Å². The number of nitrogens with two attached hydrogens (primary N) is 1. The van der Waals surface area contributed by atoms with Gasteiger partial charge in [-0.2, -0.15) is 24.9 Å². The Morgan fingerprint density at radius 3 is 2.37 bits per heavy atom. The standard InChI is InChI=1S/C13H17F3N2S/c1-12(7-2-8-19-12)11(18-17)9-3-5-10(6-4-9)13(14,15)16/h3-6,11,18H,2,7-8,17H2,1H3. The minimum atomic E-state index is -4.30. The molecule has 1 saturated heterocycles. The first-order valence-corrected chi connectivity index (χ1v) is 7.12. The van der Waals surface area contributed by atoms with Gasteiger partial charge in [-0.3, -0.25) is 11.3 Å². The molecular weight excluding hydrogens is 273 g/mol. The number of alkyl halides is 3. The van der Waals surface area contributed by atoms with Gasteiger partial charge in [0, 0.05) is 4.75 Å². The topological polar surface area (TPSA) is 38.0 Å². The van der Waals surface area contributed by atoms with Crippen LogP contribution in [0.2, 0.25) is 0 Å². The number of halogens is 3. The van der Waals surface area contributed by atoms with E-state index in [1.54, 1.807) is 0 Å². The van der Waals surface area contributed by atoms with Gasteiger partial charge in [0.05, 0.1) is 11.6 Å². The number of rotatable bonds is 3. The van der Waals surface area contributed by atoms with E-state index in [-0.39, 0.29) is 10.8 Å². The maximum atomic E-state index is 12.5. The molecule has 1 heterocycles. The van der Waals surface area contributed by atoms with Crippen molar-refractivity contribution in [2.75, 3.05) is 5.75 Å². The van der Waals surface area contributed by atoms with Crippen molar-refractivity contribution in [1.29, 1.82) is 0 Å². The summed E-state index contributed by atoms with van der Waals surface area (Å²) in [4.78, 5) is 0. The molecule has 1 aliphatic rings. The molecule has 1 aromatic rings. The van der Waals surface area contributed by atoms with E-state index in [2.05, 4.69) is 12.3 Å². The van der Waals surface area contributed by atoms with Gasteiger partial charge < -0.3 is 0 Å². The lowest BCUT2D eigenvalue weighted by Gasteiger charge is -2.33.